The average molecular weight is 417 g/mol. The highest BCUT2D eigenvalue weighted by molar-refractivity contribution is 14.0. The van der Waals surface area contributed by atoms with E-state index in [-0.39, 0.29) is 24.0 Å². The maximum atomic E-state index is 5.42. The molecule has 1 aliphatic carbocycles. The molecule has 5 nitrogen and oxygen atoms in total. The van der Waals surface area contributed by atoms with Crippen LogP contribution < -0.4 is 14.8 Å². The van der Waals surface area contributed by atoms with Crippen molar-refractivity contribution in [2.75, 3.05) is 27.4 Å². The first-order chi connectivity index (χ1) is 10.1. The summed E-state index contributed by atoms with van der Waals surface area (Å²) < 4.78 is 10.8. The molecule has 1 heterocycles. The minimum absolute atomic E-state index is 0. The second-order valence-corrected chi connectivity index (χ2v) is 6.26. The van der Waals surface area contributed by atoms with E-state index in [0.717, 1.165) is 30.5 Å². The molecule has 0 aromatic heterocycles. The molecule has 1 N–H and O–H groups in total. The third-order valence-electron chi connectivity index (χ3n) is 4.21. The van der Waals surface area contributed by atoms with Crippen LogP contribution in [0, 0.1) is 5.41 Å². The molecule has 0 bridgehead atoms. The molecular formula is C16H24IN3O2. The zero-order valence-corrected chi connectivity index (χ0v) is 15.7. The molecule has 1 aromatic carbocycles. The first-order valence-corrected chi connectivity index (χ1v) is 7.40. The first kappa shape index (κ1) is 17.2. The van der Waals surface area contributed by atoms with Gasteiger partial charge in [-0.2, -0.15) is 0 Å². The lowest BCUT2D eigenvalue weighted by atomic mass is 10.1. The maximum Gasteiger partial charge on any atom is 0.231 e. The van der Waals surface area contributed by atoms with E-state index in [1.165, 1.54) is 18.4 Å². The van der Waals surface area contributed by atoms with Crippen molar-refractivity contribution < 1.29 is 9.47 Å². The van der Waals surface area contributed by atoms with Gasteiger partial charge in [0.1, 0.15) is 0 Å². The molecule has 2 aliphatic rings. The molecule has 1 aliphatic heterocycles. The van der Waals surface area contributed by atoms with Gasteiger partial charge in [-0.05, 0) is 36.0 Å². The Morgan fingerprint density at radius 2 is 2.05 bits per heavy atom. The molecule has 0 spiro atoms. The molecule has 1 saturated carbocycles. The van der Waals surface area contributed by atoms with Crippen LogP contribution in [0.15, 0.2) is 23.2 Å². The quantitative estimate of drug-likeness (QED) is 0.465. The summed E-state index contributed by atoms with van der Waals surface area (Å²) in [5.74, 6) is 2.58. The predicted molar refractivity (Wildman–Crippen MR) is 98.1 cm³/mol. The van der Waals surface area contributed by atoms with Gasteiger partial charge >= 0.3 is 0 Å². The Balaban J connectivity index is 0.00000176. The standard InChI is InChI=1S/C16H23N3O2.HI/c1-16(6-7-16)10-18-15(17-2)19(3)9-12-4-5-13-14(8-12)21-11-20-13;/h4-5,8H,6-7,9-11H2,1-3H3,(H,17,18);1H. The fourth-order valence-electron chi connectivity index (χ4n) is 2.46. The molecule has 22 heavy (non-hydrogen) atoms. The van der Waals surface area contributed by atoms with Crippen LogP contribution >= 0.6 is 24.0 Å². The SMILES string of the molecule is CN=C(NCC1(C)CC1)N(C)Cc1ccc2c(c1)OCO2.I. The number of aliphatic imine (C=N–C) groups is 1. The summed E-state index contributed by atoms with van der Waals surface area (Å²) in [6.45, 7) is 4.40. The van der Waals surface area contributed by atoms with Crippen LogP contribution in [-0.4, -0.2) is 38.3 Å². The van der Waals surface area contributed by atoms with Gasteiger partial charge < -0.3 is 19.7 Å². The zero-order chi connectivity index (χ0) is 14.9. The largest absolute Gasteiger partial charge is 0.454 e. The van der Waals surface area contributed by atoms with E-state index in [1.54, 1.807) is 0 Å². The predicted octanol–water partition coefficient (Wildman–Crippen LogP) is 2.84. The van der Waals surface area contributed by atoms with Crippen LogP contribution in [0.2, 0.25) is 0 Å². The fourth-order valence-corrected chi connectivity index (χ4v) is 2.46. The Hall–Kier alpha value is -1.18. The first-order valence-electron chi connectivity index (χ1n) is 7.40. The summed E-state index contributed by atoms with van der Waals surface area (Å²) in [6, 6.07) is 6.07. The van der Waals surface area contributed by atoms with E-state index in [0.29, 0.717) is 12.2 Å². The lowest BCUT2D eigenvalue weighted by Gasteiger charge is -2.23. The van der Waals surface area contributed by atoms with Crippen molar-refractivity contribution in [2.24, 2.45) is 10.4 Å². The van der Waals surface area contributed by atoms with Crippen molar-refractivity contribution in [3.8, 4) is 11.5 Å². The molecular weight excluding hydrogens is 393 g/mol. The third-order valence-corrected chi connectivity index (χ3v) is 4.21. The summed E-state index contributed by atoms with van der Waals surface area (Å²) in [5, 5.41) is 3.46. The number of guanidine groups is 1. The highest BCUT2D eigenvalue weighted by atomic mass is 127. The van der Waals surface area contributed by atoms with E-state index in [9.17, 15) is 0 Å². The molecule has 0 unspecified atom stereocenters. The summed E-state index contributed by atoms with van der Waals surface area (Å²) >= 11 is 0. The van der Waals surface area contributed by atoms with Crippen LogP contribution in [0.5, 0.6) is 11.5 Å². The number of hydrogen-bond donors (Lipinski definition) is 1. The Morgan fingerprint density at radius 3 is 2.73 bits per heavy atom. The number of hydrogen-bond acceptors (Lipinski definition) is 3. The van der Waals surface area contributed by atoms with Crippen LogP contribution in [-0.2, 0) is 6.54 Å². The van der Waals surface area contributed by atoms with Gasteiger partial charge in [0.15, 0.2) is 17.5 Å². The monoisotopic (exact) mass is 417 g/mol. The smallest absolute Gasteiger partial charge is 0.231 e. The summed E-state index contributed by atoms with van der Waals surface area (Å²) in [6.07, 6.45) is 2.62. The summed E-state index contributed by atoms with van der Waals surface area (Å²) in [4.78, 5) is 6.49. The molecule has 3 rings (SSSR count). The van der Waals surface area contributed by atoms with Crippen molar-refractivity contribution in [1.29, 1.82) is 0 Å². The number of halogens is 1. The Morgan fingerprint density at radius 1 is 1.32 bits per heavy atom. The number of ether oxygens (including phenoxy) is 2. The molecule has 0 atom stereocenters. The van der Waals surface area contributed by atoms with Gasteiger partial charge in [0.2, 0.25) is 6.79 Å². The molecule has 1 aromatic rings. The lowest BCUT2D eigenvalue weighted by molar-refractivity contribution is 0.174. The molecule has 122 valence electrons. The number of nitrogens with zero attached hydrogens (tertiary/aromatic N) is 2. The number of nitrogens with one attached hydrogen (secondary N) is 1. The summed E-state index contributed by atoms with van der Waals surface area (Å²) in [7, 11) is 3.88. The van der Waals surface area contributed by atoms with Gasteiger partial charge in [0, 0.05) is 27.2 Å². The minimum atomic E-state index is 0. The van der Waals surface area contributed by atoms with Crippen molar-refractivity contribution in [1.82, 2.24) is 10.2 Å². The van der Waals surface area contributed by atoms with Gasteiger partial charge in [0.05, 0.1) is 0 Å². The highest BCUT2D eigenvalue weighted by Crippen LogP contribution is 2.44. The Bertz CT molecular complexity index is 558. The van der Waals surface area contributed by atoms with Crippen molar-refractivity contribution >= 4 is 29.9 Å². The second-order valence-electron chi connectivity index (χ2n) is 6.26. The normalized spacial score (nSPS) is 17.7. The van der Waals surface area contributed by atoms with Gasteiger partial charge in [-0.3, -0.25) is 4.99 Å². The summed E-state index contributed by atoms with van der Waals surface area (Å²) in [5.41, 5.74) is 1.65. The fraction of sp³-hybridized carbons (Fsp3) is 0.562. The molecule has 0 saturated heterocycles. The number of fused-ring (bicyclic) bond motifs is 1. The molecule has 1 fully saturated rings. The van der Waals surface area contributed by atoms with Crippen molar-refractivity contribution in [2.45, 2.75) is 26.3 Å². The zero-order valence-electron chi connectivity index (χ0n) is 13.4. The second kappa shape index (κ2) is 6.93. The topological polar surface area (TPSA) is 46.1 Å². The van der Waals surface area contributed by atoms with E-state index in [1.807, 2.05) is 19.2 Å². The average Bonchev–Trinajstić information content (AvgIpc) is 3.02. The third kappa shape index (κ3) is 3.97. The number of rotatable bonds is 4. The van der Waals surface area contributed by atoms with Crippen molar-refractivity contribution in [3.05, 3.63) is 23.8 Å². The highest BCUT2D eigenvalue weighted by Gasteiger charge is 2.37. The Kier molecular flexibility index (Phi) is 5.41. The van der Waals surface area contributed by atoms with Crippen molar-refractivity contribution in [3.63, 3.8) is 0 Å². The van der Waals surface area contributed by atoms with Gasteiger partial charge in [0.25, 0.3) is 0 Å². The van der Waals surface area contributed by atoms with E-state index >= 15 is 0 Å². The minimum Gasteiger partial charge on any atom is -0.454 e. The van der Waals surface area contributed by atoms with Crippen LogP contribution in [0.1, 0.15) is 25.3 Å². The van der Waals surface area contributed by atoms with E-state index in [2.05, 4.69) is 35.2 Å². The van der Waals surface area contributed by atoms with Crippen LogP contribution in [0.4, 0.5) is 0 Å². The van der Waals surface area contributed by atoms with Gasteiger partial charge in [-0.1, -0.05) is 13.0 Å². The van der Waals surface area contributed by atoms with Crippen LogP contribution in [0.25, 0.3) is 0 Å². The number of benzene rings is 1. The molecule has 6 heteroatoms. The lowest BCUT2D eigenvalue weighted by Crippen LogP contribution is -2.40. The van der Waals surface area contributed by atoms with Crippen LogP contribution in [0.3, 0.4) is 0 Å². The van der Waals surface area contributed by atoms with Gasteiger partial charge in [-0.15, -0.1) is 24.0 Å². The maximum absolute atomic E-state index is 5.42. The molecule has 0 radical (unpaired) electrons. The van der Waals surface area contributed by atoms with E-state index in [4.69, 9.17) is 9.47 Å². The van der Waals surface area contributed by atoms with Gasteiger partial charge in [-0.25, -0.2) is 0 Å². The Labute approximate surface area is 149 Å². The molecule has 0 amide bonds. The van der Waals surface area contributed by atoms with E-state index < -0.39 is 0 Å².